The van der Waals surface area contributed by atoms with Crippen molar-refractivity contribution in [3.8, 4) is 0 Å². The molecule has 0 aromatic heterocycles. The zero-order chi connectivity index (χ0) is 8.36. The van der Waals surface area contributed by atoms with Crippen LogP contribution in [0.5, 0.6) is 0 Å². The zero-order valence-corrected chi connectivity index (χ0v) is 7.51. The second kappa shape index (κ2) is 3.51. The molecule has 3 nitrogen and oxygen atoms in total. The van der Waals surface area contributed by atoms with Gasteiger partial charge in [0.15, 0.2) is 0 Å². The largest absolute Gasteiger partial charge is 0.328 e. The van der Waals surface area contributed by atoms with Gasteiger partial charge in [0.05, 0.1) is 5.66 Å². The average molecular weight is 166 g/mol. The Morgan fingerprint density at radius 2 is 1.70 bits per heavy atom. The van der Waals surface area contributed by atoms with E-state index < -0.39 is 13.3 Å². The van der Waals surface area contributed by atoms with Gasteiger partial charge in [0.25, 0.3) is 0 Å². The van der Waals surface area contributed by atoms with E-state index in [2.05, 4.69) is 0 Å². The fourth-order valence-corrected chi connectivity index (χ4v) is 1.52. The summed E-state index contributed by atoms with van der Waals surface area (Å²) < 4.78 is 10.6. The van der Waals surface area contributed by atoms with Gasteiger partial charge in [-0.25, -0.2) is 0 Å². The van der Waals surface area contributed by atoms with Crippen LogP contribution in [-0.2, 0) is 4.57 Å². The third kappa shape index (κ3) is 4.04. The Morgan fingerprint density at radius 3 is 1.80 bits per heavy atom. The maximum Gasteiger partial charge on any atom is 0.328 e. The van der Waals surface area contributed by atoms with Crippen LogP contribution >= 0.6 is 7.60 Å². The lowest BCUT2D eigenvalue weighted by Crippen LogP contribution is -2.06. The summed E-state index contributed by atoms with van der Waals surface area (Å²) in [6.07, 6.45) is 0.588. The molecule has 0 aliphatic carbocycles. The standard InChI is InChI=1S/C6H15O3P/c1-5(2)4-6(3)10(7,8)9/h5-6H,4H2,1-3H3,(H2,7,8,9). The fourth-order valence-electron chi connectivity index (χ4n) is 0.820. The highest BCUT2D eigenvalue weighted by molar-refractivity contribution is 7.52. The highest BCUT2D eigenvalue weighted by atomic mass is 31.2. The quantitative estimate of drug-likeness (QED) is 0.626. The summed E-state index contributed by atoms with van der Waals surface area (Å²) in [4.78, 5) is 17.3. The molecule has 0 aliphatic rings. The van der Waals surface area contributed by atoms with Crippen molar-refractivity contribution in [2.24, 2.45) is 5.92 Å². The Kier molecular flexibility index (Phi) is 3.57. The van der Waals surface area contributed by atoms with Gasteiger partial charge < -0.3 is 9.79 Å². The SMILES string of the molecule is CC(C)CC(C)P(=O)(O)O. The molecular weight excluding hydrogens is 151 g/mol. The van der Waals surface area contributed by atoms with Gasteiger partial charge in [0.2, 0.25) is 0 Å². The molecule has 4 heteroatoms. The van der Waals surface area contributed by atoms with Crippen LogP contribution in [0.2, 0.25) is 0 Å². The molecule has 0 heterocycles. The minimum absolute atomic E-state index is 0.350. The van der Waals surface area contributed by atoms with E-state index in [0.717, 1.165) is 0 Å². The van der Waals surface area contributed by atoms with Gasteiger partial charge in [0.1, 0.15) is 0 Å². The van der Waals surface area contributed by atoms with E-state index in [0.29, 0.717) is 12.3 Å². The normalized spacial score (nSPS) is 15.8. The second-order valence-corrected chi connectivity index (χ2v) is 5.13. The van der Waals surface area contributed by atoms with Crippen LogP contribution in [-0.4, -0.2) is 15.4 Å². The van der Waals surface area contributed by atoms with Crippen LogP contribution in [0.25, 0.3) is 0 Å². The molecule has 1 unspecified atom stereocenters. The Bertz CT molecular complexity index is 138. The summed E-state index contributed by atoms with van der Waals surface area (Å²) >= 11 is 0. The first-order valence-electron chi connectivity index (χ1n) is 3.39. The summed E-state index contributed by atoms with van der Waals surface area (Å²) in [6.45, 7) is 5.49. The van der Waals surface area contributed by atoms with Crippen molar-refractivity contribution >= 4 is 7.60 Å². The molecule has 1 atom stereocenters. The number of hydrogen-bond donors (Lipinski definition) is 2. The Morgan fingerprint density at radius 1 is 1.30 bits per heavy atom. The third-order valence-electron chi connectivity index (χ3n) is 1.39. The molecule has 0 rings (SSSR count). The van der Waals surface area contributed by atoms with Gasteiger partial charge in [-0.2, -0.15) is 0 Å². The lowest BCUT2D eigenvalue weighted by molar-refractivity contribution is 0.351. The minimum atomic E-state index is -3.81. The molecule has 0 saturated carbocycles. The molecule has 0 fully saturated rings. The first-order chi connectivity index (χ1) is 4.34. The monoisotopic (exact) mass is 166 g/mol. The summed E-state index contributed by atoms with van der Waals surface area (Å²) in [5, 5.41) is 0. The van der Waals surface area contributed by atoms with E-state index >= 15 is 0 Å². The van der Waals surface area contributed by atoms with E-state index in [-0.39, 0.29) is 0 Å². The molecule has 0 amide bonds. The zero-order valence-electron chi connectivity index (χ0n) is 6.61. The summed E-state index contributed by atoms with van der Waals surface area (Å²) in [7, 11) is -3.81. The van der Waals surface area contributed by atoms with E-state index in [1.165, 1.54) is 0 Å². The van der Waals surface area contributed by atoms with Crippen LogP contribution in [0.1, 0.15) is 27.2 Å². The summed E-state index contributed by atoms with van der Waals surface area (Å²) in [6, 6.07) is 0. The number of hydrogen-bond acceptors (Lipinski definition) is 1. The van der Waals surface area contributed by atoms with Gasteiger partial charge in [0, 0.05) is 0 Å². The predicted molar refractivity (Wildman–Crippen MR) is 41.0 cm³/mol. The van der Waals surface area contributed by atoms with Crippen LogP contribution < -0.4 is 0 Å². The van der Waals surface area contributed by atoms with Gasteiger partial charge in [-0.05, 0) is 12.3 Å². The molecule has 2 N–H and O–H groups in total. The topological polar surface area (TPSA) is 57.5 Å². The molecule has 0 bridgehead atoms. The molecule has 0 radical (unpaired) electrons. The van der Waals surface area contributed by atoms with Gasteiger partial charge in [-0.3, -0.25) is 4.57 Å². The van der Waals surface area contributed by atoms with Crippen molar-refractivity contribution in [2.75, 3.05) is 0 Å². The van der Waals surface area contributed by atoms with Crippen molar-refractivity contribution in [1.82, 2.24) is 0 Å². The van der Waals surface area contributed by atoms with Crippen LogP contribution in [0, 0.1) is 5.92 Å². The average Bonchev–Trinajstić information content (AvgIpc) is 1.60. The molecule has 0 aromatic carbocycles. The molecular formula is C6H15O3P. The molecule has 0 aromatic rings. The molecule has 0 aliphatic heterocycles. The van der Waals surface area contributed by atoms with Crippen LogP contribution in [0.3, 0.4) is 0 Å². The van der Waals surface area contributed by atoms with Gasteiger partial charge >= 0.3 is 7.60 Å². The van der Waals surface area contributed by atoms with Crippen molar-refractivity contribution in [2.45, 2.75) is 32.9 Å². The van der Waals surface area contributed by atoms with Gasteiger partial charge in [-0.15, -0.1) is 0 Å². The smallest absolute Gasteiger partial charge is 0.324 e. The predicted octanol–water partition coefficient (Wildman–Crippen LogP) is 1.60. The fraction of sp³-hybridized carbons (Fsp3) is 1.00. The lowest BCUT2D eigenvalue weighted by Gasteiger charge is -2.14. The highest BCUT2D eigenvalue weighted by Gasteiger charge is 2.23. The number of rotatable bonds is 3. The van der Waals surface area contributed by atoms with Crippen molar-refractivity contribution in [3.63, 3.8) is 0 Å². The first kappa shape index (κ1) is 10.2. The van der Waals surface area contributed by atoms with E-state index in [9.17, 15) is 4.57 Å². The summed E-state index contributed by atoms with van der Waals surface area (Å²) in [5.41, 5.74) is -0.493. The molecule has 0 spiro atoms. The van der Waals surface area contributed by atoms with Crippen molar-refractivity contribution in [3.05, 3.63) is 0 Å². The van der Waals surface area contributed by atoms with E-state index in [1.807, 2.05) is 13.8 Å². The molecule has 0 saturated heterocycles. The van der Waals surface area contributed by atoms with E-state index in [4.69, 9.17) is 9.79 Å². The van der Waals surface area contributed by atoms with Crippen molar-refractivity contribution in [1.29, 1.82) is 0 Å². The van der Waals surface area contributed by atoms with Crippen LogP contribution in [0.15, 0.2) is 0 Å². The Labute approximate surface area is 61.6 Å². The Hall–Kier alpha value is 0.150. The maximum atomic E-state index is 10.6. The third-order valence-corrected chi connectivity index (χ3v) is 2.75. The maximum absolute atomic E-state index is 10.6. The highest BCUT2D eigenvalue weighted by Crippen LogP contribution is 2.43. The first-order valence-corrected chi connectivity index (χ1v) is 5.07. The second-order valence-electron chi connectivity index (χ2n) is 3.07. The van der Waals surface area contributed by atoms with Gasteiger partial charge in [-0.1, -0.05) is 20.8 Å². The molecule has 10 heavy (non-hydrogen) atoms. The van der Waals surface area contributed by atoms with E-state index in [1.54, 1.807) is 6.92 Å². The minimum Gasteiger partial charge on any atom is -0.324 e. The Balaban J connectivity index is 3.86. The van der Waals surface area contributed by atoms with Crippen molar-refractivity contribution < 1.29 is 14.4 Å². The summed E-state index contributed by atoms with van der Waals surface area (Å²) in [5.74, 6) is 0.350. The lowest BCUT2D eigenvalue weighted by atomic mass is 10.1. The van der Waals surface area contributed by atoms with Crippen LogP contribution in [0.4, 0.5) is 0 Å². The molecule has 62 valence electrons.